The fourth-order valence-corrected chi connectivity index (χ4v) is 2.38. The Balaban J connectivity index is 1.81. The summed E-state index contributed by atoms with van der Waals surface area (Å²) in [4.78, 5) is 0. The maximum atomic E-state index is 3.58. The number of benzene rings is 1. The Labute approximate surface area is 99.6 Å². The zero-order valence-corrected chi connectivity index (χ0v) is 10.4. The van der Waals surface area contributed by atoms with Crippen LogP contribution in [0.1, 0.15) is 18.4 Å². The van der Waals surface area contributed by atoms with Gasteiger partial charge in [-0.3, -0.25) is 0 Å². The van der Waals surface area contributed by atoms with Gasteiger partial charge in [0.1, 0.15) is 0 Å². The van der Waals surface area contributed by atoms with Crippen molar-refractivity contribution in [3.05, 3.63) is 34.3 Å². The van der Waals surface area contributed by atoms with Crippen LogP contribution in [0.25, 0.3) is 0 Å². The highest BCUT2D eigenvalue weighted by atomic mass is 79.9. The zero-order chi connectivity index (χ0) is 10.5. The number of halogens is 1. The maximum absolute atomic E-state index is 3.58. The van der Waals surface area contributed by atoms with Crippen LogP contribution >= 0.6 is 15.9 Å². The molecule has 0 aromatic heterocycles. The largest absolute Gasteiger partial charge is 0.315 e. The van der Waals surface area contributed by atoms with Gasteiger partial charge in [0.15, 0.2) is 0 Å². The fourth-order valence-electron chi connectivity index (χ4n) is 1.94. The van der Waals surface area contributed by atoms with E-state index < -0.39 is 0 Å². The molecule has 0 bridgehead atoms. The normalized spacial score (nSPS) is 21.5. The van der Waals surface area contributed by atoms with Crippen LogP contribution in [-0.4, -0.2) is 19.1 Å². The third-order valence-corrected chi connectivity index (χ3v) is 3.27. The molecule has 1 saturated heterocycles. The summed E-state index contributed by atoms with van der Waals surface area (Å²) in [5.74, 6) is 0. The van der Waals surface area contributed by atoms with E-state index in [1.54, 1.807) is 0 Å². The van der Waals surface area contributed by atoms with E-state index >= 15 is 0 Å². The van der Waals surface area contributed by atoms with Crippen LogP contribution in [-0.2, 0) is 6.54 Å². The molecule has 0 spiro atoms. The van der Waals surface area contributed by atoms with E-state index in [9.17, 15) is 0 Å². The summed E-state index contributed by atoms with van der Waals surface area (Å²) in [7, 11) is 0. The second-order valence-electron chi connectivity index (χ2n) is 4.05. The number of hydrogen-bond acceptors (Lipinski definition) is 2. The first kappa shape index (κ1) is 11.1. The van der Waals surface area contributed by atoms with Crippen molar-refractivity contribution >= 4 is 15.9 Å². The van der Waals surface area contributed by atoms with E-state index in [1.807, 2.05) is 0 Å². The van der Waals surface area contributed by atoms with E-state index in [0.717, 1.165) is 17.6 Å². The van der Waals surface area contributed by atoms with Crippen molar-refractivity contribution in [3.63, 3.8) is 0 Å². The Morgan fingerprint density at radius 2 is 2.40 bits per heavy atom. The van der Waals surface area contributed by atoms with Crippen LogP contribution < -0.4 is 10.6 Å². The summed E-state index contributed by atoms with van der Waals surface area (Å²) in [5.41, 5.74) is 1.34. The van der Waals surface area contributed by atoms with Gasteiger partial charge in [0.05, 0.1) is 0 Å². The minimum atomic E-state index is 0.637. The van der Waals surface area contributed by atoms with Crippen molar-refractivity contribution in [1.29, 1.82) is 0 Å². The van der Waals surface area contributed by atoms with Gasteiger partial charge in [-0.05, 0) is 37.1 Å². The summed E-state index contributed by atoms with van der Waals surface area (Å²) >= 11 is 3.49. The predicted molar refractivity (Wildman–Crippen MR) is 66.9 cm³/mol. The van der Waals surface area contributed by atoms with Gasteiger partial charge in [0.25, 0.3) is 0 Å². The Morgan fingerprint density at radius 3 is 3.13 bits per heavy atom. The molecular weight excluding hydrogens is 252 g/mol. The molecule has 1 aromatic carbocycles. The molecule has 1 aromatic rings. The van der Waals surface area contributed by atoms with E-state index in [-0.39, 0.29) is 0 Å². The maximum Gasteiger partial charge on any atom is 0.0209 e. The minimum absolute atomic E-state index is 0.637. The smallest absolute Gasteiger partial charge is 0.0209 e. The standard InChI is InChI=1S/C12H17BrN2/c13-11-4-1-3-10(7-11)8-15-12-5-2-6-14-9-12/h1,3-4,7,12,14-15H,2,5-6,8-9H2/t12-/m1/s1. The predicted octanol–water partition coefficient (Wildman–Crippen LogP) is 2.29. The second kappa shape index (κ2) is 5.64. The molecule has 0 saturated carbocycles. The third kappa shape index (κ3) is 3.59. The number of piperidine rings is 1. The molecule has 2 nitrogen and oxygen atoms in total. The molecule has 0 radical (unpaired) electrons. The Morgan fingerprint density at radius 1 is 1.47 bits per heavy atom. The van der Waals surface area contributed by atoms with Gasteiger partial charge in [-0.1, -0.05) is 28.1 Å². The van der Waals surface area contributed by atoms with E-state index in [0.29, 0.717) is 6.04 Å². The molecule has 0 aliphatic carbocycles. The van der Waals surface area contributed by atoms with E-state index in [4.69, 9.17) is 0 Å². The van der Waals surface area contributed by atoms with Crippen LogP contribution in [0, 0.1) is 0 Å². The number of nitrogens with one attached hydrogen (secondary N) is 2. The van der Waals surface area contributed by atoms with Crippen LogP contribution in [0.3, 0.4) is 0 Å². The molecule has 1 fully saturated rings. The van der Waals surface area contributed by atoms with Gasteiger partial charge in [-0.25, -0.2) is 0 Å². The number of rotatable bonds is 3. The molecule has 15 heavy (non-hydrogen) atoms. The lowest BCUT2D eigenvalue weighted by Crippen LogP contribution is -2.42. The van der Waals surface area contributed by atoms with Gasteiger partial charge < -0.3 is 10.6 Å². The molecule has 1 aliphatic heterocycles. The molecule has 0 amide bonds. The fraction of sp³-hybridized carbons (Fsp3) is 0.500. The van der Waals surface area contributed by atoms with Crippen LogP contribution in [0.5, 0.6) is 0 Å². The monoisotopic (exact) mass is 268 g/mol. The Bertz CT molecular complexity index is 308. The van der Waals surface area contributed by atoms with E-state index in [1.165, 1.54) is 24.9 Å². The van der Waals surface area contributed by atoms with Gasteiger partial charge in [0.2, 0.25) is 0 Å². The first-order valence-electron chi connectivity index (χ1n) is 5.53. The molecule has 3 heteroatoms. The van der Waals surface area contributed by atoms with Gasteiger partial charge in [-0.2, -0.15) is 0 Å². The van der Waals surface area contributed by atoms with Gasteiger partial charge in [0, 0.05) is 23.6 Å². The molecule has 0 unspecified atom stereocenters. The summed E-state index contributed by atoms with van der Waals surface area (Å²) < 4.78 is 1.16. The highest BCUT2D eigenvalue weighted by Crippen LogP contribution is 2.12. The highest BCUT2D eigenvalue weighted by molar-refractivity contribution is 9.10. The van der Waals surface area contributed by atoms with Crippen molar-refractivity contribution < 1.29 is 0 Å². The first-order chi connectivity index (χ1) is 7.34. The lowest BCUT2D eigenvalue weighted by atomic mass is 10.1. The Kier molecular flexibility index (Phi) is 4.18. The lowest BCUT2D eigenvalue weighted by molar-refractivity contribution is 0.389. The number of hydrogen-bond donors (Lipinski definition) is 2. The second-order valence-corrected chi connectivity index (χ2v) is 4.97. The quantitative estimate of drug-likeness (QED) is 0.879. The molecule has 1 aliphatic rings. The molecule has 82 valence electrons. The molecule has 2 rings (SSSR count). The third-order valence-electron chi connectivity index (χ3n) is 2.78. The summed E-state index contributed by atoms with van der Waals surface area (Å²) in [6.07, 6.45) is 2.58. The first-order valence-corrected chi connectivity index (χ1v) is 6.32. The average Bonchev–Trinajstić information content (AvgIpc) is 2.28. The topological polar surface area (TPSA) is 24.1 Å². The summed E-state index contributed by atoms with van der Waals surface area (Å²) in [6.45, 7) is 3.24. The highest BCUT2D eigenvalue weighted by Gasteiger charge is 2.11. The average molecular weight is 269 g/mol. The SMILES string of the molecule is Brc1cccc(CN[C@@H]2CCCNC2)c1. The van der Waals surface area contributed by atoms with Crippen LogP contribution in [0.15, 0.2) is 28.7 Å². The summed E-state index contributed by atoms with van der Waals surface area (Å²) in [6, 6.07) is 9.11. The molecule has 1 heterocycles. The van der Waals surface area contributed by atoms with Gasteiger partial charge in [-0.15, -0.1) is 0 Å². The zero-order valence-electron chi connectivity index (χ0n) is 8.80. The molecule has 1 atom stereocenters. The molecule has 2 N–H and O–H groups in total. The van der Waals surface area contributed by atoms with Crippen LogP contribution in [0.4, 0.5) is 0 Å². The van der Waals surface area contributed by atoms with Gasteiger partial charge >= 0.3 is 0 Å². The van der Waals surface area contributed by atoms with Crippen molar-refractivity contribution in [3.8, 4) is 0 Å². The Hall–Kier alpha value is -0.380. The van der Waals surface area contributed by atoms with Crippen molar-refractivity contribution in [2.45, 2.75) is 25.4 Å². The minimum Gasteiger partial charge on any atom is -0.315 e. The van der Waals surface area contributed by atoms with Crippen molar-refractivity contribution in [2.24, 2.45) is 0 Å². The lowest BCUT2D eigenvalue weighted by Gasteiger charge is -2.23. The van der Waals surface area contributed by atoms with Crippen molar-refractivity contribution in [1.82, 2.24) is 10.6 Å². The summed E-state index contributed by atoms with van der Waals surface area (Å²) in [5, 5.41) is 6.99. The molecular formula is C12H17BrN2. The van der Waals surface area contributed by atoms with Crippen molar-refractivity contribution in [2.75, 3.05) is 13.1 Å². The van der Waals surface area contributed by atoms with E-state index in [2.05, 4.69) is 50.8 Å². The van der Waals surface area contributed by atoms with Crippen LogP contribution in [0.2, 0.25) is 0 Å².